The van der Waals surface area contributed by atoms with Crippen molar-refractivity contribution in [1.82, 2.24) is 10.3 Å². The summed E-state index contributed by atoms with van der Waals surface area (Å²) in [5.41, 5.74) is 0.803. The number of aliphatic hydroxyl groups is 1. The van der Waals surface area contributed by atoms with Crippen molar-refractivity contribution in [2.75, 3.05) is 6.54 Å². The van der Waals surface area contributed by atoms with Crippen molar-refractivity contribution in [3.63, 3.8) is 0 Å². The largest absolute Gasteiger partial charge is 0.391 e. The van der Waals surface area contributed by atoms with Crippen molar-refractivity contribution >= 4 is 23.6 Å². The van der Waals surface area contributed by atoms with Crippen LogP contribution in [0.3, 0.4) is 0 Å². The highest BCUT2D eigenvalue weighted by Crippen LogP contribution is 2.08. The van der Waals surface area contributed by atoms with Gasteiger partial charge in [-0.3, -0.25) is 4.79 Å². The second kappa shape index (κ2) is 7.92. The molecule has 104 valence electrons. The fourth-order valence-corrected chi connectivity index (χ4v) is 1.61. The van der Waals surface area contributed by atoms with Crippen molar-refractivity contribution in [3.8, 4) is 0 Å². The first kappa shape index (κ1) is 15.7. The van der Waals surface area contributed by atoms with E-state index >= 15 is 0 Å². The molecule has 1 rings (SSSR count). The van der Waals surface area contributed by atoms with Crippen LogP contribution in [0.5, 0.6) is 0 Å². The molecule has 0 fully saturated rings. The normalized spacial score (nSPS) is 14.3. The molecule has 0 radical (unpaired) electrons. The van der Waals surface area contributed by atoms with Gasteiger partial charge >= 0.3 is 0 Å². The van der Waals surface area contributed by atoms with Gasteiger partial charge in [0.2, 0.25) is 5.91 Å². The number of halogens is 1. The average molecular weight is 283 g/mol. The molecule has 19 heavy (non-hydrogen) atoms. The van der Waals surface area contributed by atoms with Crippen LogP contribution < -0.4 is 5.32 Å². The number of amides is 1. The molecule has 0 saturated heterocycles. The van der Waals surface area contributed by atoms with Gasteiger partial charge in [-0.15, -0.1) is 0 Å². The van der Waals surface area contributed by atoms with Gasteiger partial charge in [0.25, 0.3) is 0 Å². The number of pyridine rings is 1. The van der Waals surface area contributed by atoms with Crippen molar-refractivity contribution in [3.05, 3.63) is 35.1 Å². The van der Waals surface area contributed by atoms with E-state index in [1.54, 1.807) is 24.4 Å². The lowest BCUT2D eigenvalue weighted by Crippen LogP contribution is -2.34. The molecule has 1 aromatic heterocycles. The van der Waals surface area contributed by atoms with Crippen LogP contribution in [0.1, 0.15) is 25.8 Å². The number of carbonyl (C=O) groups excluding carboxylic acids is 1. The average Bonchev–Trinajstić information content (AvgIpc) is 2.41. The molecule has 0 bridgehead atoms. The number of aromatic nitrogens is 1. The fourth-order valence-electron chi connectivity index (χ4n) is 1.43. The third kappa shape index (κ3) is 5.85. The summed E-state index contributed by atoms with van der Waals surface area (Å²) in [4.78, 5) is 15.4. The van der Waals surface area contributed by atoms with Gasteiger partial charge in [0.05, 0.1) is 6.10 Å². The number of rotatable bonds is 6. The van der Waals surface area contributed by atoms with E-state index in [2.05, 4.69) is 10.3 Å². The summed E-state index contributed by atoms with van der Waals surface area (Å²) in [5, 5.41) is 12.8. The Balaban J connectivity index is 2.43. The zero-order chi connectivity index (χ0) is 14.3. The summed E-state index contributed by atoms with van der Waals surface area (Å²) in [6, 6.07) is 3.42. The maximum absolute atomic E-state index is 11.6. The van der Waals surface area contributed by atoms with Crippen LogP contribution in [0.4, 0.5) is 0 Å². The van der Waals surface area contributed by atoms with E-state index in [0.29, 0.717) is 5.15 Å². The second-order valence-electron chi connectivity index (χ2n) is 4.44. The number of carbonyl (C=O) groups is 1. The zero-order valence-corrected chi connectivity index (χ0v) is 11.9. The predicted octanol–water partition coefficient (Wildman–Crippen LogP) is 2.27. The first-order valence-corrected chi connectivity index (χ1v) is 6.66. The van der Waals surface area contributed by atoms with E-state index in [0.717, 1.165) is 12.0 Å². The van der Waals surface area contributed by atoms with Crippen LogP contribution in [0.25, 0.3) is 6.08 Å². The van der Waals surface area contributed by atoms with Crippen molar-refractivity contribution in [2.45, 2.75) is 26.4 Å². The number of hydrogen-bond donors (Lipinski definition) is 2. The Hall–Kier alpha value is -1.39. The number of nitrogens with one attached hydrogen (secondary N) is 1. The van der Waals surface area contributed by atoms with Crippen LogP contribution in [-0.2, 0) is 4.79 Å². The number of nitrogens with zero attached hydrogens (tertiary/aromatic N) is 1. The molecule has 0 saturated carbocycles. The lowest BCUT2D eigenvalue weighted by Gasteiger charge is -2.16. The van der Waals surface area contributed by atoms with Crippen LogP contribution in [-0.4, -0.2) is 28.6 Å². The van der Waals surface area contributed by atoms with Crippen LogP contribution in [0.15, 0.2) is 24.4 Å². The van der Waals surface area contributed by atoms with Crippen LogP contribution in [0.2, 0.25) is 5.15 Å². The van der Waals surface area contributed by atoms with E-state index in [1.807, 2.05) is 13.8 Å². The Morgan fingerprint density at radius 3 is 3.00 bits per heavy atom. The molecule has 0 aliphatic carbocycles. The molecule has 4 nitrogen and oxygen atoms in total. The number of hydrogen-bond acceptors (Lipinski definition) is 3. The molecule has 2 atom stereocenters. The summed E-state index contributed by atoms with van der Waals surface area (Å²) in [7, 11) is 0. The summed E-state index contributed by atoms with van der Waals surface area (Å²) in [5.74, 6) is -0.0708. The van der Waals surface area contributed by atoms with Gasteiger partial charge in [0, 0.05) is 18.8 Å². The topological polar surface area (TPSA) is 62.2 Å². The number of aliphatic hydroxyl groups excluding tert-OH is 1. The lowest BCUT2D eigenvalue weighted by molar-refractivity contribution is -0.117. The summed E-state index contributed by atoms with van der Waals surface area (Å²) >= 11 is 5.74. The van der Waals surface area contributed by atoms with Gasteiger partial charge in [-0.2, -0.15) is 0 Å². The minimum Gasteiger partial charge on any atom is -0.391 e. The van der Waals surface area contributed by atoms with E-state index < -0.39 is 6.10 Å². The first-order chi connectivity index (χ1) is 9.02. The monoisotopic (exact) mass is 282 g/mol. The van der Waals surface area contributed by atoms with Crippen molar-refractivity contribution in [2.24, 2.45) is 5.92 Å². The fraction of sp³-hybridized carbons (Fsp3) is 0.429. The second-order valence-corrected chi connectivity index (χ2v) is 4.83. The van der Waals surface area contributed by atoms with Gasteiger partial charge in [-0.25, -0.2) is 4.98 Å². The Morgan fingerprint density at radius 2 is 2.37 bits per heavy atom. The smallest absolute Gasteiger partial charge is 0.244 e. The van der Waals surface area contributed by atoms with E-state index in [9.17, 15) is 9.90 Å². The minimum absolute atomic E-state index is 0.170. The summed E-state index contributed by atoms with van der Waals surface area (Å²) in [6.07, 6.45) is 5.00. The minimum atomic E-state index is -0.516. The van der Waals surface area contributed by atoms with Crippen LogP contribution in [0, 0.1) is 5.92 Å². The molecule has 0 spiro atoms. The van der Waals surface area contributed by atoms with Gasteiger partial charge in [0.1, 0.15) is 5.15 Å². The highest BCUT2D eigenvalue weighted by molar-refractivity contribution is 6.29. The van der Waals surface area contributed by atoms with E-state index in [4.69, 9.17) is 11.6 Å². The van der Waals surface area contributed by atoms with Crippen LogP contribution >= 0.6 is 11.6 Å². The predicted molar refractivity (Wildman–Crippen MR) is 76.8 cm³/mol. The van der Waals surface area contributed by atoms with Gasteiger partial charge in [-0.1, -0.05) is 31.9 Å². The molecular formula is C14H19ClN2O2. The lowest BCUT2D eigenvalue weighted by atomic mass is 10.0. The molecule has 0 aromatic carbocycles. The van der Waals surface area contributed by atoms with Gasteiger partial charge in [0.15, 0.2) is 0 Å². The maximum Gasteiger partial charge on any atom is 0.244 e. The quantitative estimate of drug-likeness (QED) is 0.621. The summed E-state index contributed by atoms with van der Waals surface area (Å²) < 4.78 is 0. The Bertz CT molecular complexity index is 449. The third-order valence-electron chi connectivity index (χ3n) is 2.96. The zero-order valence-electron chi connectivity index (χ0n) is 11.1. The van der Waals surface area contributed by atoms with E-state index in [1.165, 1.54) is 6.08 Å². The highest BCUT2D eigenvalue weighted by atomic mass is 35.5. The van der Waals surface area contributed by atoms with Gasteiger partial charge < -0.3 is 10.4 Å². The van der Waals surface area contributed by atoms with Gasteiger partial charge in [-0.05, 0) is 29.7 Å². The summed E-state index contributed by atoms with van der Waals surface area (Å²) in [6.45, 7) is 4.21. The third-order valence-corrected chi connectivity index (χ3v) is 3.17. The highest BCUT2D eigenvalue weighted by Gasteiger charge is 2.12. The molecule has 1 amide bonds. The molecule has 0 aliphatic rings. The first-order valence-electron chi connectivity index (χ1n) is 6.28. The molecule has 5 heteroatoms. The Kier molecular flexibility index (Phi) is 6.53. The molecule has 0 aliphatic heterocycles. The Labute approximate surface area is 118 Å². The Morgan fingerprint density at radius 1 is 1.63 bits per heavy atom. The molecule has 1 aromatic rings. The van der Waals surface area contributed by atoms with Crippen molar-refractivity contribution in [1.29, 1.82) is 0 Å². The van der Waals surface area contributed by atoms with Crippen molar-refractivity contribution < 1.29 is 9.90 Å². The van der Waals surface area contributed by atoms with E-state index in [-0.39, 0.29) is 18.4 Å². The molecular weight excluding hydrogens is 264 g/mol. The molecule has 1 heterocycles. The molecule has 2 N–H and O–H groups in total. The SMILES string of the molecule is CCC(C)C(O)CNC(=O)/C=C/c1ccnc(Cl)c1. The maximum atomic E-state index is 11.6. The molecule has 2 unspecified atom stereocenters. The standard InChI is InChI=1S/C14H19ClN2O2/c1-3-10(2)12(18)9-17-14(19)5-4-11-6-7-16-13(15)8-11/h4-8,10,12,18H,3,9H2,1-2H3,(H,17,19)/b5-4+.